The van der Waals surface area contributed by atoms with Crippen molar-refractivity contribution < 1.29 is 8.42 Å². The first-order chi connectivity index (χ1) is 11.2. The van der Waals surface area contributed by atoms with Crippen molar-refractivity contribution in [3.05, 3.63) is 58.2 Å². The largest absolute Gasteiger partial charge is 0.398 e. The maximum absolute atomic E-state index is 11.7. The molecule has 0 fully saturated rings. The second-order valence-electron chi connectivity index (χ2n) is 5.77. The third-order valence-electron chi connectivity index (χ3n) is 3.89. The van der Waals surface area contributed by atoms with E-state index in [1.807, 2.05) is 6.92 Å². The fourth-order valence-electron chi connectivity index (χ4n) is 2.53. The molecule has 2 aromatic carbocycles. The minimum atomic E-state index is -3.28. The van der Waals surface area contributed by atoms with E-state index in [0.29, 0.717) is 22.0 Å². The molecule has 24 heavy (non-hydrogen) atoms. The molecule has 4 N–H and O–H groups in total. The standard InChI is InChI=1S/C17H16ClN3O2S/c1-9-5-12(14(19)8-13(9)18)17(20)16-7-10-6-11(24(2,22)23)3-4-15(10)21-16/h3-8,20-21H,19H2,1-2H3. The second-order valence-corrected chi connectivity index (χ2v) is 8.19. The molecule has 1 aromatic heterocycles. The molecule has 0 unspecified atom stereocenters. The van der Waals surface area contributed by atoms with Crippen molar-refractivity contribution in [2.45, 2.75) is 11.8 Å². The molecule has 0 spiro atoms. The van der Waals surface area contributed by atoms with Crippen molar-refractivity contribution in [3.8, 4) is 0 Å². The van der Waals surface area contributed by atoms with E-state index >= 15 is 0 Å². The Labute approximate surface area is 144 Å². The van der Waals surface area contributed by atoms with E-state index in [9.17, 15) is 8.42 Å². The van der Waals surface area contributed by atoms with Crippen LogP contribution in [0.2, 0.25) is 5.02 Å². The van der Waals surface area contributed by atoms with Gasteiger partial charge in [-0.05, 0) is 48.9 Å². The van der Waals surface area contributed by atoms with Gasteiger partial charge in [0.2, 0.25) is 0 Å². The molecule has 0 bridgehead atoms. The topological polar surface area (TPSA) is 99.8 Å². The van der Waals surface area contributed by atoms with Crippen LogP contribution in [0.1, 0.15) is 16.8 Å². The highest BCUT2D eigenvalue weighted by atomic mass is 35.5. The molecule has 3 rings (SSSR count). The Hall–Kier alpha value is -2.31. The molecule has 7 heteroatoms. The van der Waals surface area contributed by atoms with Gasteiger partial charge in [0.1, 0.15) is 0 Å². The lowest BCUT2D eigenvalue weighted by Gasteiger charge is -2.09. The van der Waals surface area contributed by atoms with Gasteiger partial charge in [-0.25, -0.2) is 8.42 Å². The van der Waals surface area contributed by atoms with Crippen LogP contribution in [-0.4, -0.2) is 25.4 Å². The zero-order valence-electron chi connectivity index (χ0n) is 13.1. The predicted molar refractivity (Wildman–Crippen MR) is 97.9 cm³/mol. The van der Waals surface area contributed by atoms with Gasteiger partial charge in [0.05, 0.1) is 16.3 Å². The van der Waals surface area contributed by atoms with E-state index in [-0.39, 0.29) is 10.6 Å². The van der Waals surface area contributed by atoms with E-state index in [4.69, 9.17) is 22.7 Å². The number of halogens is 1. The number of aromatic nitrogens is 1. The Kier molecular flexibility index (Phi) is 3.89. The van der Waals surface area contributed by atoms with Crippen molar-refractivity contribution in [1.29, 1.82) is 5.41 Å². The van der Waals surface area contributed by atoms with Crippen molar-refractivity contribution in [2.24, 2.45) is 0 Å². The summed E-state index contributed by atoms with van der Waals surface area (Å²) in [6.07, 6.45) is 1.17. The fraction of sp³-hybridized carbons (Fsp3) is 0.118. The van der Waals surface area contributed by atoms with Gasteiger partial charge in [0, 0.05) is 33.4 Å². The van der Waals surface area contributed by atoms with Crippen molar-refractivity contribution >= 4 is 43.7 Å². The molecule has 1 heterocycles. The lowest BCUT2D eigenvalue weighted by molar-refractivity contribution is 0.602. The number of nitrogens with one attached hydrogen (secondary N) is 2. The molecule has 0 amide bonds. The lowest BCUT2D eigenvalue weighted by Crippen LogP contribution is -2.06. The molecule has 5 nitrogen and oxygen atoms in total. The third kappa shape index (κ3) is 2.90. The Bertz CT molecular complexity index is 1080. The molecular formula is C17H16ClN3O2S. The van der Waals surface area contributed by atoms with Gasteiger partial charge in [-0.15, -0.1) is 0 Å². The number of aromatic amines is 1. The van der Waals surface area contributed by atoms with Crippen LogP contribution in [0.15, 0.2) is 41.3 Å². The molecule has 0 saturated heterocycles. The first kappa shape index (κ1) is 16.5. The summed E-state index contributed by atoms with van der Waals surface area (Å²) in [5, 5.41) is 9.69. The summed E-state index contributed by atoms with van der Waals surface area (Å²) in [6, 6.07) is 9.98. The number of nitrogen functional groups attached to an aromatic ring is 1. The Morgan fingerprint density at radius 1 is 1.21 bits per heavy atom. The number of hydrogen-bond acceptors (Lipinski definition) is 4. The van der Waals surface area contributed by atoms with Crippen LogP contribution >= 0.6 is 11.6 Å². The molecule has 0 aliphatic rings. The normalized spacial score (nSPS) is 11.8. The van der Waals surface area contributed by atoms with Crippen LogP contribution in [0.3, 0.4) is 0 Å². The predicted octanol–water partition coefficient (Wildman–Crippen LogP) is 3.53. The average molecular weight is 362 g/mol. The number of anilines is 1. The Morgan fingerprint density at radius 2 is 1.92 bits per heavy atom. The zero-order valence-corrected chi connectivity index (χ0v) is 14.7. The van der Waals surface area contributed by atoms with E-state index in [2.05, 4.69) is 4.98 Å². The maximum Gasteiger partial charge on any atom is 0.175 e. The molecule has 0 aliphatic heterocycles. The van der Waals surface area contributed by atoms with Gasteiger partial charge >= 0.3 is 0 Å². The van der Waals surface area contributed by atoms with Gasteiger partial charge in [-0.1, -0.05) is 11.6 Å². The summed E-state index contributed by atoms with van der Waals surface area (Å²) in [4.78, 5) is 3.37. The number of fused-ring (bicyclic) bond motifs is 1. The van der Waals surface area contributed by atoms with Gasteiger partial charge in [-0.2, -0.15) is 0 Å². The first-order valence-corrected chi connectivity index (χ1v) is 9.41. The molecule has 0 aliphatic carbocycles. The number of hydrogen-bond donors (Lipinski definition) is 3. The van der Waals surface area contributed by atoms with Gasteiger partial charge in [-0.3, -0.25) is 5.41 Å². The van der Waals surface area contributed by atoms with Crippen LogP contribution in [0.25, 0.3) is 10.9 Å². The minimum Gasteiger partial charge on any atom is -0.398 e. The monoisotopic (exact) mass is 361 g/mol. The van der Waals surface area contributed by atoms with Crippen LogP contribution in [-0.2, 0) is 9.84 Å². The lowest BCUT2D eigenvalue weighted by atomic mass is 10.0. The molecule has 0 atom stereocenters. The molecular weight excluding hydrogens is 346 g/mol. The second kappa shape index (κ2) is 5.65. The summed E-state index contributed by atoms with van der Waals surface area (Å²) in [5.41, 5.74) is 9.36. The number of aryl methyl sites for hydroxylation is 1. The zero-order chi connectivity index (χ0) is 17.6. The maximum atomic E-state index is 11.7. The summed E-state index contributed by atoms with van der Waals surface area (Å²) in [5.74, 6) is 0. The number of rotatable bonds is 3. The number of sulfone groups is 1. The molecule has 0 radical (unpaired) electrons. The number of benzene rings is 2. The van der Waals surface area contributed by atoms with Crippen LogP contribution in [0, 0.1) is 12.3 Å². The van der Waals surface area contributed by atoms with Crippen LogP contribution in [0.4, 0.5) is 5.69 Å². The van der Waals surface area contributed by atoms with E-state index in [1.54, 1.807) is 36.4 Å². The van der Waals surface area contributed by atoms with Crippen molar-refractivity contribution in [2.75, 3.05) is 12.0 Å². The summed E-state index contributed by atoms with van der Waals surface area (Å²) < 4.78 is 23.3. The molecule has 124 valence electrons. The average Bonchev–Trinajstić information content (AvgIpc) is 2.92. The molecule has 3 aromatic rings. The quantitative estimate of drug-likeness (QED) is 0.491. The first-order valence-electron chi connectivity index (χ1n) is 7.14. The van der Waals surface area contributed by atoms with Crippen molar-refractivity contribution in [3.63, 3.8) is 0 Å². The Morgan fingerprint density at radius 3 is 2.58 bits per heavy atom. The highest BCUT2D eigenvalue weighted by Crippen LogP contribution is 2.26. The number of nitrogens with two attached hydrogens (primary N) is 1. The van der Waals surface area contributed by atoms with Gasteiger partial charge in [0.15, 0.2) is 9.84 Å². The highest BCUT2D eigenvalue weighted by molar-refractivity contribution is 7.90. The van der Waals surface area contributed by atoms with E-state index < -0.39 is 9.84 Å². The highest BCUT2D eigenvalue weighted by Gasteiger charge is 2.14. The van der Waals surface area contributed by atoms with Crippen molar-refractivity contribution in [1.82, 2.24) is 4.98 Å². The van der Waals surface area contributed by atoms with Crippen LogP contribution in [0.5, 0.6) is 0 Å². The smallest absolute Gasteiger partial charge is 0.175 e. The summed E-state index contributed by atoms with van der Waals surface area (Å²) >= 11 is 6.05. The summed E-state index contributed by atoms with van der Waals surface area (Å²) in [6.45, 7) is 1.85. The van der Waals surface area contributed by atoms with E-state index in [1.165, 1.54) is 6.26 Å². The van der Waals surface area contributed by atoms with Crippen LogP contribution < -0.4 is 5.73 Å². The molecule has 0 saturated carbocycles. The number of H-pyrrole nitrogens is 1. The van der Waals surface area contributed by atoms with E-state index in [0.717, 1.165) is 16.5 Å². The SMILES string of the molecule is Cc1cc(C(=N)c2cc3cc(S(C)(=O)=O)ccc3[nH]2)c(N)cc1Cl. The third-order valence-corrected chi connectivity index (χ3v) is 5.41. The fourth-order valence-corrected chi connectivity index (χ4v) is 3.36. The van der Waals surface area contributed by atoms with Gasteiger partial charge < -0.3 is 10.7 Å². The minimum absolute atomic E-state index is 0.226. The Balaban J connectivity index is 2.10. The van der Waals surface area contributed by atoms with Gasteiger partial charge in [0.25, 0.3) is 0 Å². The summed E-state index contributed by atoms with van der Waals surface area (Å²) in [7, 11) is -3.28.